The molecule has 0 amide bonds. The van der Waals surface area contributed by atoms with Gasteiger partial charge >= 0.3 is 7.12 Å². The molecule has 0 radical (unpaired) electrons. The third-order valence-corrected chi connectivity index (χ3v) is 4.21. The molecule has 0 unspecified atom stereocenters. The number of fused-ring (bicyclic) bond motifs is 1. The highest BCUT2D eigenvalue weighted by Crippen LogP contribution is 2.40. The Balaban J connectivity index is 1.88. The zero-order valence-corrected chi connectivity index (χ0v) is 11.9. The standard InChI is InChI=1S/C15H19BO3/c1-14(2)15(3,4)19-16(18-14)12-9-11-7-5-6-8-13(11)17-10-12/h5-9H,10H2,1-4H3. The van der Waals surface area contributed by atoms with Crippen molar-refractivity contribution in [3.8, 4) is 5.75 Å². The highest BCUT2D eigenvalue weighted by molar-refractivity contribution is 6.56. The van der Waals surface area contributed by atoms with Crippen molar-refractivity contribution < 1.29 is 14.0 Å². The number of hydrogen-bond acceptors (Lipinski definition) is 3. The molecule has 2 aliphatic rings. The van der Waals surface area contributed by atoms with Gasteiger partial charge in [0.05, 0.1) is 11.2 Å². The molecule has 0 aromatic heterocycles. The summed E-state index contributed by atoms with van der Waals surface area (Å²) in [5.74, 6) is 0.919. The van der Waals surface area contributed by atoms with Crippen molar-refractivity contribution in [2.45, 2.75) is 38.9 Å². The van der Waals surface area contributed by atoms with Crippen LogP contribution in [0.3, 0.4) is 0 Å². The van der Waals surface area contributed by atoms with Gasteiger partial charge in [-0.3, -0.25) is 0 Å². The Kier molecular flexibility index (Phi) is 2.77. The Bertz CT molecular complexity index is 518. The van der Waals surface area contributed by atoms with Crippen molar-refractivity contribution in [2.24, 2.45) is 0 Å². The Morgan fingerprint density at radius 3 is 2.32 bits per heavy atom. The first kappa shape index (κ1) is 12.8. The molecule has 1 fully saturated rings. The van der Waals surface area contributed by atoms with Gasteiger partial charge in [-0.2, -0.15) is 0 Å². The van der Waals surface area contributed by atoms with E-state index in [1.807, 2.05) is 24.3 Å². The van der Waals surface area contributed by atoms with Crippen LogP contribution in [0.2, 0.25) is 0 Å². The van der Waals surface area contributed by atoms with Gasteiger partial charge in [-0.15, -0.1) is 0 Å². The first-order chi connectivity index (χ1) is 8.89. The SMILES string of the molecule is CC1(C)OB(C2=Cc3ccccc3OC2)OC1(C)C. The van der Waals surface area contributed by atoms with Crippen molar-refractivity contribution in [2.75, 3.05) is 6.61 Å². The van der Waals surface area contributed by atoms with Crippen LogP contribution in [0.4, 0.5) is 0 Å². The lowest BCUT2D eigenvalue weighted by Gasteiger charge is -2.32. The quantitative estimate of drug-likeness (QED) is 0.724. The number of benzene rings is 1. The first-order valence-electron chi connectivity index (χ1n) is 6.67. The van der Waals surface area contributed by atoms with E-state index in [2.05, 4.69) is 33.8 Å². The summed E-state index contributed by atoms with van der Waals surface area (Å²) in [6.07, 6.45) is 2.11. The molecule has 4 heteroatoms. The number of rotatable bonds is 1. The molecule has 0 spiro atoms. The number of hydrogen-bond donors (Lipinski definition) is 0. The molecule has 1 aromatic carbocycles. The molecule has 3 nitrogen and oxygen atoms in total. The molecule has 2 aliphatic heterocycles. The number of para-hydroxylation sites is 1. The fourth-order valence-corrected chi connectivity index (χ4v) is 2.26. The molecule has 3 rings (SSSR count). The first-order valence-corrected chi connectivity index (χ1v) is 6.67. The van der Waals surface area contributed by atoms with E-state index in [1.165, 1.54) is 0 Å². The Hall–Kier alpha value is -1.26. The molecular formula is C15H19BO3. The third kappa shape index (κ3) is 2.09. The molecule has 0 saturated carbocycles. The molecule has 2 heterocycles. The Labute approximate surface area is 114 Å². The topological polar surface area (TPSA) is 27.7 Å². The summed E-state index contributed by atoms with van der Waals surface area (Å²) in [6, 6.07) is 8.00. The molecule has 0 bridgehead atoms. The summed E-state index contributed by atoms with van der Waals surface area (Å²) >= 11 is 0. The van der Waals surface area contributed by atoms with Gasteiger partial charge in [0.15, 0.2) is 0 Å². The van der Waals surface area contributed by atoms with Crippen LogP contribution >= 0.6 is 0 Å². The van der Waals surface area contributed by atoms with E-state index in [-0.39, 0.29) is 18.3 Å². The van der Waals surface area contributed by atoms with Crippen molar-refractivity contribution in [3.05, 3.63) is 35.3 Å². The average molecular weight is 258 g/mol. The predicted molar refractivity (Wildman–Crippen MR) is 76.0 cm³/mol. The van der Waals surface area contributed by atoms with Gasteiger partial charge in [-0.25, -0.2) is 0 Å². The fourth-order valence-electron chi connectivity index (χ4n) is 2.26. The second-order valence-corrected chi connectivity index (χ2v) is 6.13. The molecule has 100 valence electrons. The zero-order valence-electron chi connectivity index (χ0n) is 11.9. The van der Waals surface area contributed by atoms with Crippen LogP contribution in [0.15, 0.2) is 29.7 Å². The molecule has 0 aliphatic carbocycles. The van der Waals surface area contributed by atoms with Gasteiger partial charge in [-0.1, -0.05) is 24.3 Å². The summed E-state index contributed by atoms with van der Waals surface area (Å²) < 4.78 is 17.9. The van der Waals surface area contributed by atoms with Crippen LogP contribution < -0.4 is 4.74 Å². The van der Waals surface area contributed by atoms with Crippen LogP contribution in [0.5, 0.6) is 5.75 Å². The minimum absolute atomic E-state index is 0.310. The lowest BCUT2D eigenvalue weighted by molar-refractivity contribution is 0.00578. The lowest BCUT2D eigenvalue weighted by Crippen LogP contribution is -2.41. The molecule has 1 aromatic rings. The Morgan fingerprint density at radius 1 is 1.00 bits per heavy atom. The molecule has 1 saturated heterocycles. The van der Waals surface area contributed by atoms with E-state index < -0.39 is 0 Å². The van der Waals surface area contributed by atoms with E-state index in [4.69, 9.17) is 14.0 Å². The second kappa shape index (κ2) is 4.12. The van der Waals surface area contributed by atoms with Crippen molar-refractivity contribution >= 4 is 13.2 Å². The maximum absolute atomic E-state index is 6.05. The maximum Gasteiger partial charge on any atom is 0.494 e. The number of ether oxygens (including phenoxy) is 1. The normalized spacial score (nSPS) is 23.6. The van der Waals surface area contributed by atoms with E-state index in [0.717, 1.165) is 16.8 Å². The van der Waals surface area contributed by atoms with E-state index >= 15 is 0 Å². The Morgan fingerprint density at radius 2 is 1.63 bits per heavy atom. The summed E-state index contributed by atoms with van der Waals surface area (Å²) in [5, 5.41) is 0. The zero-order chi connectivity index (χ0) is 13.7. The van der Waals surface area contributed by atoms with Gasteiger partial charge in [-0.05, 0) is 39.2 Å². The monoisotopic (exact) mass is 258 g/mol. The van der Waals surface area contributed by atoms with Gasteiger partial charge in [0.2, 0.25) is 0 Å². The molecule has 0 N–H and O–H groups in total. The van der Waals surface area contributed by atoms with Crippen molar-refractivity contribution in [3.63, 3.8) is 0 Å². The fraction of sp³-hybridized carbons (Fsp3) is 0.467. The summed E-state index contributed by atoms with van der Waals surface area (Å²) in [5.41, 5.74) is 1.50. The average Bonchev–Trinajstić information content (AvgIpc) is 2.58. The van der Waals surface area contributed by atoms with Gasteiger partial charge in [0.25, 0.3) is 0 Å². The lowest BCUT2D eigenvalue weighted by atomic mass is 9.77. The highest BCUT2D eigenvalue weighted by Gasteiger charge is 2.52. The van der Waals surface area contributed by atoms with Gasteiger partial charge in [0, 0.05) is 5.56 Å². The minimum atomic E-state index is -0.321. The van der Waals surface area contributed by atoms with E-state index in [9.17, 15) is 0 Å². The van der Waals surface area contributed by atoms with E-state index in [1.54, 1.807) is 0 Å². The smallest absolute Gasteiger partial charge is 0.489 e. The second-order valence-electron chi connectivity index (χ2n) is 6.13. The maximum atomic E-state index is 6.05. The van der Waals surface area contributed by atoms with Crippen molar-refractivity contribution in [1.82, 2.24) is 0 Å². The minimum Gasteiger partial charge on any atom is -0.489 e. The molecule has 19 heavy (non-hydrogen) atoms. The highest BCUT2D eigenvalue weighted by atomic mass is 16.7. The molecular weight excluding hydrogens is 239 g/mol. The van der Waals surface area contributed by atoms with Crippen LogP contribution in [-0.2, 0) is 9.31 Å². The summed E-state index contributed by atoms with van der Waals surface area (Å²) in [6.45, 7) is 8.76. The van der Waals surface area contributed by atoms with Gasteiger partial charge < -0.3 is 14.0 Å². The molecule has 0 atom stereocenters. The van der Waals surface area contributed by atoms with Crippen molar-refractivity contribution in [1.29, 1.82) is 0 Å². The van der Waals surface area contributed by atoms with Crippen LogP contribution in [0.1, 0.15) is 33.3 Å². The summed E-state index contributed by atoms with van der Waals surface area (Å²) in [4.78, 5) is 0. The predicted octanol–water partition coefficient (Wildman–Crippen LogP) is 3.09. The third-order valence-electron chi connectivity index (χ3n) is 4.21. The largest absolute Gasteiger partial charge is 0.494 e. The van der Waals surface area contributed by atoms with Gasteiger partial charge in [0.1, 0.15) is 12.4 Å². The summed E-state index contributed by atoms with van der Waals surface area (Å²) in [7, 11) is -0.321. The van der Waals surface area contributed by atoms with E-state index in [0.29, 0.717) is 6.61 Å². The van der Waals surface area contributed by atoms with Crippen LogP contribution in [0, 0.1) is 0 Å². The van der Waals surface area contributed by atoms with Crippen LogP contribution in [-0.4, -0.2) is 24.9 Å². The van der Waals surface area contributed by atoms with Crippen LogP contribution in [0.25, 0.3) is 6.08 Å².